The topological polar surface area (TPSA) is 96.1 Å². The maximum absolute atomic E-state index is 8.49. The first-order valence-corrected chi connectivity index (χ1v) is 8.56. The molecule has 2 aromatic rings. The summed E-state index contributed by atoms with van der Waals surface area (Å²) in [6.45, 7) is 5.47. The van der Waals surface area contributed by atoms with Crippen LogP contribution in [0.1, 0.15) is 13.8 Å². The Balaban J connectivity index is 0.000000312. The molecule has 0 saturated heterocycles. The first-order valence-electron chi connectivity index (χ1n) is 5.52. The van der Waals surface area contributed by atoms with E-state index in [1.54, 1.807) is 0 Å². The summed E-state index contributed by atoms with van der Waals surface area (Å²) < 4.78 is 39.2. The predicted octanol–water partition coefficient (Wildman–Crippen LogP) is -1.44. The van der Waals surface area contributed by atoms with Crippen LogP contribution >= 0.6 is 23.1 Å². The molecule has 2 rings (SSSR count). The van der Waals surface area contributed by atoms with Crippen LogP contribution in [0.15, 0.2) is 28.6 Å². The summed E-state index contributed by atoms with van der Waals surface area (Å²) in [5.41, 5.74) is 1.37. The lowest BCUT2D eigenvalue weighted by atomic mass is 10.3. The van der Waals surface area contributed by atoms with Gasteiger partial charge >= 0.3 is 0 Å². The minimum Gasteiger partial charge on any atom is -0.222 e. The minimum absolute atomic E-state index is 1.06. The Bertz CT molecular complexity index is 521. The largest absolute Gasteiger partial charge is 0.298 e. The van der Waals surface area contributed by atoms with Gasteiger partial charge in [-0.3, -0.25) is 0 Å². The van der Waals surface area contributed by atoms with Gasteiger partial charge in [-0.2, -0.15) is 4.57 Å². The molecule has 1 aromatic carbocycles. The highest BCUT2D eigenvalue weighted by molar-refractivity contribution is 8.00. The van der Waals surface area contributed by atoms with Crippen molar-refractivity contribution in [3.05, 3.63) is 24.3 Å². The van der Waals surface area contributed by atoms with Gasteiger partial charge in [0, 0.05) is 11.8 Å². The maximum atomic E-state index is 8.49. The minimum atomic E-state index is -4.94. The molecule has 1 aromatic heterocycles. The molecule has 0 aliphatic rings. The smallest absolute Gasteiger partial charge is 0.222 e. The molecule has 0 unspecified atom stereocenters. The number of benzene rings is 1. The first-order chi connectivity index (χ1) is 8.86. The van der Waals surface area contributed by atoms with Crippen molar-refractivity contribution in [3.8, 4) is 0 Å². The van der Waals surface area contributed by atoms with Crippen LogP contribution in [-0.2, 0) is 6.54 Å². The highest BCUT2D eigenvalue weighted by Gasteiger charge is 2.17. The van der Waals surface area contributed by atoms with E-state index in [1.165, 1.54) is 14.6 Å². The Morgan fingerprint density at radius 2 is 1.74 bits per heavy atom. The van der Waals surface area contributed by atoms with Gasteiger partial charge in [-0.05, 0) is 24.8 Å². The van der Waals surface area contributed by atoms with E-state index in [9.17, 15) is 0 Å². The van der Waals surface area contributed by atoms with Crippen molar-refractivity contribution in [2.45, 2.75) is 24.7 Å². The molecule has 0 aliphatic carbocycles. The molecule has 106 valence electrons. The van der Waals surface area contributed by atoms with Gasteiger partial charge in [-0.15, -0.1) is 10.2 Å². The van der Waals surface area contributed by atoms with Crippen molar-refractivity contribution in [1.29, 1.82) is 0 Å². The average molecular weight is 324 g/mol. The zero-order chi connectivity index (χ0) is 14.5. The number of halogens is 1. The van der Waals surface area contributed by atoms with Crippen molar-refractivity contribution in [1.82, 2.24) is 0 Å². The van der Waals surface area contributed by atoms with Gasteiger partial charge in [0.2, 0.25) is 5.52 Å². The van der Waals surface area contributed by atoms with E-state index in [0.29, 0.717) is 0 Å². The summed E-state index contributed by atoms with van der Waals surface area (Å²) in [7, 11) is -4.94. The normalized spacial score (nSPS) is 11.3. The number of rotatable bonds is 3. The van der Waals surface area contributed by atoms with Gasteiger partial charge in [0.05, 0.1) is 0 Å². The molecule has 1 heterocycles. The second kappa shape index (κ2) is 7.39. The predicted molar refractivity (Wildman–Crippen MR) is 64.1 cm³/mol. The van der Waals surface area contributed by atoms with Gasteiger partial charge < -0.3 is 0 Å². The molecule has 5 nitrogen and oxygen atoms in total. The maximum Gasteiger partial charge on any atom is 0.298 e. The Morgan fingerprint density at radius 3 is 2.26 bits per heavy atom. The van der Waals surface area contributed by atoms with Crippen LogP contribution in [0.2, 0.25) is 0 Å². The van der Waals surface area contributed by atoms with E-state index in [2.05, 4.69) is 42.7 Å². The van der Waals surface area contributed by atoms with Crippen molar-refractivity contribution >= 4 is 33.3 Å². The number of aryl methyl sites for hydroxylation is 1. The molecule has 0 aliphatic heterocycles. The number of nitrogens with zero attached hydrogens (tertiary/aromatic N) is 1. The van der Waals surface area contributed by atoms with Gasteiger partial charge in [0.1, 0.15) is 11.2 Å². The molecule has 0 saturated carbocycles. The highest BCUT2D eigenvalue weighted by atomic mass is 35.7. The summed E-state index contributed by atoms with van der Waals surface area (Å²) >= 11 is 3.83. The fourth-order valence-electron chi connectivity index (χ4n) is 1.54. The zero-order valence-corrected chi connectivity index (χ0v) is 12.9. The molecule has 19 heavy (non-hydrogen) atoms. The third-order valence-corrected chi connectivity index (χ3v) is 4.48. The second-order valence-electron chi connectivity index (χ2n) is 3.39. The van der Waals surface area contributed by atoms with E-state index >= 15 is 0 Å². The number of thioether (sulfide) groups is 1. The summed E-state index contributed by atoms with van der Waals surface area (Å²) in [4.78, 5) is 0. The second-order valence-corrected chi connectivity index (χ2v) is 6.69. The van der Waals surface area contributed by atoms with Crippen LogP contribution in [0.25, 0.3) is 10.2 Å². The fourth-order valence-corrected chi connectivity index (χ4v) is 3.99. The third-order valence-electron chi connectivity index (χ3n) is 2.16. The van der Waals surface area contributed by atoms with E-state index in [1.807, 2.05) is 23.1 Å². The van der Waals surface area contributed by atoms with E-state index in [-0.39, 0.29) is 0 Å². The van der Waals surface area contributed by atoms with Crippen LogP contribution in [0.3, 0.4) is 0 Å². The Kier molecular flexibility index (Phi) is 6.48. The van der Waals surface area contributed by atoms with Crippen molar-refractivity contribution in [3.63, 3.8) is 0 Å². The zero-order valence-electron chi connectivity index (χ0n) is 10.5. The summed E-state index contributed by atoms with van der Waals surface area (Å²) in [5.74, 6) is 1.15. The van der Waals surface area contributed by atoms with Gasteiger partial charge in [-0.25, -0.2) is 18.6 Å². The molecular weight excluding hydrogens is 310 g/mol. The van der Waals surface area contributed by atoms with Crippen LogP contribution in [0, 0.1) is 10.2 Å². The fraction of sp³-hybridized carbons (Fsp3) is 0.364. The summed E-state index contributed by atoms with van der Waals surface area (Å²) in [6, 6.07) is 8.63. The molecule has 0 radical (unpaired) electrons. The number of para-hydroxylation sites is 1. The monoisotopic (exact) mass is 323 g/mol. The van der Waals surface area contributed by atoms with Gasteiger partial charge in [0.25, 0.3) is 4.34 Å². The van der Waals surface area contributed by atoms with Crippen LogP contribution < -0.4 is 23.2 Å². The van der Waals surface area contributed by atoms with Crippen molar-refractivity contribution in [2.75, 3.05) is 5.75 Å². The number of fused-ring (bicyclic) bond motifs is 1. The van der Waals surface area contributed by atoms with Crippen molar-refractivity contribution in [2.24, 2.45) is 0 Å². The molecule has 0 spiro atoms. The number of hydrogen-bond donors (Lipinski definition) is 0. The number of aromatic nitrogens is 1. The van der Waals surface area contributed by atoms with E-state index < -0.39 is 10.2 Å². The Morgan fingerprint density at radius 1 is 1.16 bits per heavy atom. The number of thiazole rings is 1. The summed E-state index contributed by atoms with van der Waals surface area (Å²) in [6.07, 6.45) is 0. The lowest BCUT2D eigenvalue weighted by Gasteiger charge is -2.17. The van der Waals surface area contributed by atoms with Crippen LogP contribution in [0.4, 0.5) is 0 Å². The molecule has 8 heteroatoms. The quantitative estimate of drug-likeness (QED) is 0.509. The molecule has 0 amide bonds. The Hall–Kier alpha value is -0.410. The third kappa shape index (κ3) is 5.62. The molecule has 0 atom stereocenters. The standard InChI is InChI=1S/C11H14NS2.ClHO4/c1-3-12-9-7-5-6-8-10(9)14-11(12)13-4-2;2-1(3,4)5/h5-8H,3-4H2,1-2H3;(H,2,3,4,5)/q+1;/p-1. The van der Waals surface area contributed by atoms with Gasteiger partial charge in [0.15, 0.2) is 0 Å². The van der Waals surface area contributed by atoms with E-state index in [0.717, 1.165) is 12.3 Å². The molecule has 0 fully saturated rings. The van der Waals surface area contributed by atoms with E-state index in [4.69, 9.17) is 18.6 Å². The lowest BCUT2D eigenvalue weighted by Crippen LogP contribution is -2.68. The molecule has 0 N–H and O–H groups in total. The highest BCUT2D eigenvalue weighted by Crippen LogP contribution is 2.27. The lowest BCUT2D eigenvalue weighted by molar-refractivity contribution is -2.00. The average Bonchev–Trinajstić information content (AvgIpc) is 2.64. The first kappa shape index (κ1) is 16.6. The van der Waals surface area contributed by atoms with Crippen molar-refractivity contribution < 1.29 is 33.4 Å². The molecule has 0 bridgehead atoms. The van der Waals surface area contributed by atoms with Crippen LogP contribution in [0.5, 0.6) is 0 Å². The SMILES string of the molecule is CCSc1sc2ccccc2[n+]1CC.[O-][Cl+3]([O-])([O-])[O-]. The molecular formula is C11H14ClNO4S2. The van der Waals surface area contributed by atoms with Gasteiger partial charge in [-0.1, -0.05) is 30.4 Å². The number of hydrogen-bond acceptors (Lipinski definition) is 6. The Labute approximate surface area is 121 Å². The van der Waals surface area contributed by atoms with Crippen LogP contribution in [-0.4, -0.2) is 5.75 Å². The summed E-state index contributed by atoms with van der Waals surface area (Å²) in [5, 5.41) is 0.